The summed E-state index contributed by atoms with van der Waals surface area (Å²) in [6, 6.07) is 21.5. The first-order valence-corrected chi connectivity index (χ1v) is 12.5. The Balaban J connectivity index is 1.57. The average Bonchev–Trinajstić information content (AvgIpc) is 3.44. The fraction of sp³-hybridized carbons (Fsp3) is 0.310. The van der Waals surface area contributed by atoms with E-state index in [1.165, 1.54) is 4.90 Å². The number of anilines is 2. The minimum atomic E-state index is -0.963. The Labute approximate surface area is 216 Å². The zero-order valence-corrected chi connectivity index (χ0v) is 21.1. The highest BCUT2D eigenvalue weighted by Crippen LogP contribution is 2.49. The molecule has 0 N–H and O–H groups in total. The molecule has 2 saturated heterocycles. The maximum absolute atomic E-state index is 13.9. The molecule has 2 amide bonds. The molecule has 3 aromatic rings. The normalized spacial score (nSPS) is 20.8. The number of fused-ring (bicyclic) bond motifs is 1. The van der Waals surface area contributed by atoms with E-state index in [4.69, 9.17) is 19.0 Å². The number of hydroxylamine groups is 1. The summed E-state index contributed by atoms with van der Waals surface area (Å²) in [5, 5.41) is 1.67. The fourth-order valence-electron chi connectivity index (χ4n) is 4.86. The summed E-state index contributed by atoms with van der Waals surface area (Å²) in [6.45, 7) is 4.98. The zero-order chi connectivity index (χ0) is 25.9. The van der Waals surface area contributed by atoms with Gasteiger partial charge < -0.3 is 14.2 Å². The van der Waals surface area contributed by atoms with Crippen molar-refractivity contribution in [1.29, 1.82) is 0 Å². The predicted octanol–water partition coefficient (Wildman–Crippen LogP) is 4.93. The van der Waals surface area contributed by atoms with Crippen LogP contribution in [0, 0.1) is 5.92 Å². The number of benzene rings is 3. The van der Waals surface area contributed by atoms with Crippen LogP contribution in [0.1, 0.15) is 31.9 Å². The van der Waals surface area contributed by atoms with Crippen molar-refractivity contribution in [2.24, 2.45) is 5.92 Å². The molecule has 192 valence electrons. The molecule has 0 aromatic heterocycles. The lowest BCUT2D eigenvalue weighted by Gasteiger charge is -2.29. The molecular formula is C29H30N2O6. The lowest BCUT2D eigenvalue weighted by atomic mass is 9.90. The van der Waals surface area contributed by atoms with Crippen LogP contribution in [0.2, 0.25) is 0 Å². The van der Waals surface area contributed by atoms with E-state index in [1.54, 1.807) is 36.4 Å². The van der Waals surface area contributed by atoms with E-state index in [9.17, 15) is 9.59 Å². The number of carbonyl (C=O) groups is 2. The average molecular weight is 503 g/mol. The Morgan fingerprint density at radius 3 is 2.35 bits per heavy atom. The molecule has 5 rings (SSSR count). The number of para-hydroxylation sites is 1. The van der Waals surface area contributed by atoms with Gasteiger partial charge in [0.25, 0.3) is 5.91 Å². The topological polar surface area (TPSA) is 77.5 Å². The first-order valence-electron chi connectivity index (χ1n) is 12.5. The van der Waals surface area contributed by atoms with Crippen LogP contribution in [0.15, 0.2) is 72.8 Å². The van der Waals surface area contributed by atoms with Gasteiger partial charge in [-0.1, -0.05) is 37.3 Å². The van der Waals surface area contributed by atoms with E-state index in [0.29, 0.717) is 36.1 Å². The van der Waals surface area contributed by atoms with Gasteiger partial charge in [0, 0.05) is 6.07 Å². The Kier molecular flexibility index (Phi) is 7.01. The van der Waals surface area contributed by atoms with Gasteiger partial charge in [-0.2, -0.15) is 0 Å². The van der Waals surface area contributed by atoms with Gasteiger partial charge in [-0.15, -0.1) is 0 Å². The molecule has 0 saturated carbocycles. The third kappa shape index (κ3) is 4.49. The Morgan fingerprint density at radius 1 is 0.838 bits per heavy atom. The van der Waals surface area contributed by atoms with Crippen molar-refractivity contribution in [1.82, 2.24) is 0 Å². The van der Waals surface area contributed by atoms with Crippen molar-refractivity contribution in [3.05, 3.63) is 78.4 Å². The smallest absolute Gasteiger partial charge is 0.266 e. The summed E-state index contributed by atoms with van der Waals surface area (Å²) in [6.07, 6.45) is -0.0954. The van der Waals surface area contributed by atoms with Crippen molar-refractivity contribution in [2.75, 3.05) is 30.3 Å². The third-order valence-corrected chi connectivity index (χ3v) is 6.51. The van der Waals surface area contributed by atoms with Crippen molar-refractivity contribution in [3.8, 4) is 17.2 Å². The van der Waals surface area contributed by atoms with Crippen LogP contribution in [0.4, 0.5) is 11.4 Å². The molecule has 0 radical (unpaired) electrons. The third-order valence-electron chi connectivity index (χ3n) is 6.51. The molecule has 8 heteroatoms. The van der Waals surface area contributed by atoms with Crippen molar-refractivity contribution in [3.63, 3.8) is 0 Å². The maximum Gasteiger partial charge on any atom is 0.266 e. The standard InChI is InChI=1S/C29H30N2O6/c1-4-16-36-23-15-14-19(17-24(23)35-5-2)26-25-27(37-31(26)20-10-7-6-8-11-20)29(33)30(28(25)32)21-12-9-13-22(18-21)34-3/h6-15,17-18,25-27H,4-5,16H2,1-3H3/t25-,26-,27+/m0/s1. The molecule has 3 aromatic carbocycles. The number of rotatable bonds is 9. The lowest BCUT2D eigenvalue weighted by Crippen LogP contribution is -2.37. The molecule has 0 spiro atoms. The highest BCUT2D eigenvalue weighted by Gasteiger charge is 2.60. The summed E-state index contributed by atoms with van der Waals surface area (Å²) in [5.74, 6) is 0.307. The Bertz CT molecular complexity index is 1280. The summed E-state index contributed by atoms with van der Waals surface area (Å²) in [4.78, 5) is 34.9. The van der Waals surface area contributed by atoms with Crippen LogP contribution < -0.4 is 24.2 Å². The Morgan fingerprint density at radius 2 is 1.62 bits per heavy atom. The molecule has 37 heavy (non-hydrogen) atoms. The summed E-state index contributed by atoms with van der Waals surface area (Å²) in [7, 11) is 1.54. The number of carbonyl (C=O) groups excluding carboxylic acids is 2. The number of amides is 2. The summed E-state index contributed by atoms with van der Waals surface area (Å²) in [5.41, 5.74) is 1.99. The SMILES string of the molecule is CCCOc1ccc([C@H]2[C@@H]3C(=O)N(c4cccc(OC)c4)C(=O)[C@@H]3ON2c2ccccc2)cc1OCC. The molecule has 2 aliphatic rings. The number of imide groups is 1. The highest BCUT2D eigenvalue weighted by molar-refractivity contribution is 6.24. The second kappa shape index (κ2) is 10.5. The predicted molar refractivity (Wildman–Crippen MR) is 139 cm³/mol. The van der Waals surface area contributed by atoms with Crippen molar-refractivity contribution < 1.29 is 28.6 Å². The fourth-order valence-corrected chi connectivity index (χ4v) is 4.86. The van der Waals surface area contributed by atoms with E-state index in [1.807, 2.05) is 62.4 Å². The molecule has 2 fully saturated rings. The van der Waals surface area contributed by atoms with Gasteiger partial charge in [-0.05, 0) is 55.3 Å². The van der Waals surface area contributed by atoms with Crippen LogP contribution in [0.5, 0.6) is 17.2 Å². The number of hydrogen-bond acceptors (Lipinski definition) is 7. The van der Waals surface area contributed by atoms with Crippen LogP contribution >= 0.6 is 0 Å². The minimum Gasteiger partial charge on any atom is -0.497 e. The minimum absolute atomic E-state index is 0.323. The van der Waals surface area contributed by atoms with Gasteiger partial charge in [-0.3, -0.25) is 14.4 Å². The van der Waals surface area contributed by atoms with E-state index in [-0.39, 0.29) is 5.91 Å². The zero-order valence-electron chi connectivity index (χ0n) is 21.1. The number of ether oxygens (including phenoxy) is 3. The molecule has 0 unspecified atom stereocenters. The summed E-state index contributed by atoms with van der Waals surface area (Å²) < 4.78 is 17.1. The van der Waals surface area contributed by atoms with Crippen molar-refractivity contribution in [2.45, 2.75) is 32.4 Å². The van der Waals surface area contributed by atoms with Gasteiger partial charge in [0.15, 0.2) is 17.6 Å². The van der Waals surface area contributed by atoms with Gasteiger partial charge in [0.1, 0.15) is 11.7 Å². The molecule has 0 bridgehead atoms. The van der Waals surface area contributed by atoms with Gasteiger partial charge >= 0.3 is 0 Å². The van der Waals surface area contributed by atoms with Gasteiger partial charge in [0.05, 0.1) is 37.7 Å². The number of hydrogen-bond donors (Lipinski definition) is 0. The van der Waals surface area contributed by atoms with Gasteiger partial charge in [-0.25, -0.2) is 9.96 Å². The van der Waals surface area contributed by atoms with Crippen LogP contribution in [-0.4, -0.2) is 38.2 Å². The molecule has 0 aliphatic carbocycles. The molecule has 2 heterocycles. The number of nitrogens with zero attached hydrogens (tertiary/aromatic N) is 2. The molecule has 2 aliphatic heterocycles. The largest absolute Gasteiger partial charge is 0.497 e. The first-order chi connectivity index (χ1) is 18.1. The first kappa shape index (κ1) is 24.6. The monoisotopic (exact) mass is 502 g/mol. The number of methoxy groups -OCH3 is 1. The molecular weight excluding hydrogens is 472 g/mol. The molecule has 3 atom stereocenters. The van der Waals surface area contributed by atoms with Crippen LogP contribution in [0.3, 0.4) is 0 Å². The molecule has 8 nitrogen and oxygen atoms in total. The van der Waals surface area contributed by atoms with E-state index in [0.717, 1.165) is 17.7 Å². The quantitative estimate of drug-likeness (QED) is 0.384. The second-order valence-corrected chi connectivity index (χ2v) is 8.86. The summed E-state index contributed by atoms with van der Waals surface area (Å²) >= 11 is 0. The second-order valence-electron chi connectivity index (χ2n) is 8.86. The van der Waals surface area contributed by atoms with E-state index in [2.05, 4.69) is 0 Å². The lowest BCUT2D eigenvalue weighted by molar-refractivity contribution is -0.126. The van der Waals surface area contributed by atoms with E-state index >= 15 is 0 Å². The van der Waals surface area contributed by atoms with Crippen LogP contribution in [0.25, 0.3) is 0 Å². The Hall–Kier alpha value is -4.04. The van der Waals surface area contributed by atoms with E-state index < -0.39 is 24.0 Å². The van der Waals surface area contributed by atoms with Gasteiger partial charge in [0.2, 0.25) is 5.91 Å². The maximum atomic E-state index is 13.9. The van der Waals surface area contributed by atoms with Crippen molar-refractivity contribution >= 4 is 23.2 Å². The highest BCUT2D eigenvalue weighted by atomic mass is 16.7. The van der Waals surface area contributed by atoms with Crippen LogP contribution in [-0.2, 0) is 14.4 Å².